The van der Waals surface area contributed by atoms with E-state index in [1.54, 1.807) is 23.1 Å². The molecular formula is C21H18N2OS2. The minimum atomic E-state index is -0.107. The average molecular weight is 379 g/mol. The maximum Gasteiger partial charge on any atom is 0.253 e. The van der Waals surface area contributed by atoms with Gasteiger partial charge in [-0.3, -0.25) is 4.79 Å². The van der Waals surface area contributed by atoms with Crippen LogP contribution in [0.5, 0.6) is 0 Å². The Hall–Kier alpha value is -2.55. The van der Waals surface area contributed by atoms with E-state index in [9.17, 15) is 4.79 Å². The summed E-state index contributed by atoms with van der Waals surface area (Å²) in [6, 6.07) is 17.4. The maximum absolute atomic E-state index is 12.5. The third-order valence-electron chi connectivity index (χ3n) is 3.52. The van der Waals surface area contributed by atoms with Crippen LogP contribution < -0.4 is 5.32 Å². The molecule has 130 valence electrons. The Morgan fingerprint density at radius 1 is 1.15 bits per heavy atom. The molecule has 3 rings (SSSR count). The molecule has 1 N–H and O–H groups in total. The summed E-state index contributed by atoms with van der Waals surface area (Å²) in [5.74, 6) is 6.67. The summed E-state index contributed by atoms with van der Waals surface area (Å²) in [6.45, 7) is 2.31. The fourth-order valence-corrected chi connectivity index (χ4v) is 3.95. The van der Waals surface area contributed by atoms with Gasteiger partial charge in [-0.25, -0.2) is 4.98 Å². The molecule has 0 aliphatic rings. The Balaban J connectivity index is 1.59. The largest absolute Gasteiger partial charge is 0.341 e. The summed E-state index contributed by atoms with van der Waals surface area (Å²) in [6.07, 6.45) is 0. The Bertz CT molecular complexity index is 939. The zero-order valence-electron chi connectivity index (χ0n) is 14.4. The van der Waals surface area contributed by atoms with Crippen LogP contribution in [-0.2, 0) is 5.75 Å². The number of nitrogens with one attached hydrogen (secondary N) is 1. The standard InChI is InChI=1S/C21H18N2OS2/c1-16-23-18(14-25-16)15-26-20-12-6-5-11-19(20)21(24)22-13-7-10-17-8-3-2-4-9-17/h2-6,8-9,11-12,14H,13,15H2,1H3,(H,22,24). The molecule has 0 aliphatic heterocycles. The first kappa shape index (κ1) is 18.2. The Morgan fingerprint density at radius 2 is 1.92 bits per heavy atom. The molecule has 26 heavy (non-hydrogen) atoms. The number of nitrogens with zero attached hydrogens (tertiary/aromatic N) is 1. The number of carbonyl (C=O) groups excluding carboxylic acids is 1. The van der Waals surface area contributed by atoms with E-state index < -0.39 is 0 Å². The van der Waals surface area contributed by atoms with Crippen LogP contribution in [0.25, 0.3) is 0 Å². The van der Waals surface area contributed by atoms with Crippen molar-refractivity contribution in [2.75, 3.05) is 6.54 Å². The van der Waals surface area contributed by atoms with Crippen molar-refractivity contribution >= 4 is 29.0 Å². The number of thiazole rings is 1. The molecule has 3 nitrogen and oxygen atoms in total. The van der Waals surface area contributed by atoms with Crippen molar-refractivity contribution in [3.05, 3.63) is 81.8 Å². The molecule has 1 amide bonds. The zero-order chi connectivity index (χ0) is 18.2. The van der Waals surface area contributed by atoms with Gasteiger partial charge in [0.15, 0.2) is 0 Å². The number of aryl methyl sites for hydroxylation is 1. The second kappa shape index (κ2) is 9.23. The summed E-state index contributed by atoms with van der Waals surface area (Å²) in [5, 5.41) is 5.99. The first-order chi connectivity index (χ1) is 12.7. The van der Waals surface area contributed by atoms with Crippen molar-refractivity contribution in [2.24, 2.45) is 0 Å². The molecule has 3 aromatic rings. The predicted molar refractivity (Wildman–Crippen MR) is 109 cm³/mol. The number of benzene rings is 2. The topological polar surface area (TPSA) is 42.0 Å². The van der Waals surface area contributed by atoms with Gasteiger partial charge in [0.1, 0.15) is 0 Å². The van der Waals surface area contributed by atoms with Crippen LogP contribution in [0.1, 0.15) is 26.6 Å². The molecule has 0 spiro atoms. The molecule has 0 saturated heterocycles. The van der Waals surface area contributed by atoms with E-state index in [1.807, 2.05) is 61.5 Å². The molecule has 0 unspecified atom stereocenters. The van der Waals surface area contributed by atoms with Crippen molar-refractivity contribution in [3.8, 4) is 11.8 Å². The van der Waals surface area contributed by atoms with Crippen molar-refractivity contribution in [1.29, 1.82) is 0 Å². The Kier molecular flexibility index (Phi) is 6.48. The van der Waals surface area contributed by atoms with Gasteiger partial charge in [0.25, 0.3) is 5.91 Å². The van der Waals surface area contributed by atoms with Crippen LogP contribution in [0, 0.1) is 18.8 Å². The summed E-state index contributed by atoms with van der Waals surface area (Å²) >= 11 is 3.27. The fraction of sp³-hybridized carbons (Fsp3) is 0.143. The van der Waals surface area contributed by atoms with Gasteiger partial charge in [0.05, 0.1) is 22.8 Å². The van der Waals surface area contributed by atoms with Crippen LogP contribution >= 0.6 is 23.1 Å². The second-order valence-corrected chi connectivity index (χ2v) is 7.57. The first-order valence-corrected chi connectivity index (χ1v) is 10.0. The van der Waals surface area contributed by atoms with E-state index in [2.05, 4.69) is 27.5 Å². The number of carbonyl (C=O) groups is 1. The average Bonchev–Trinajstić information content (AvgIpc) is 3.10. The lowest BCUT2D eigenvalue weighted by Gasteiger charge is -2.08. The summed E-state index contributed by atoms with van der Waals surface area (Å²) in [4.78, 5) is 17.9. The number of thioether (sulfide) groups is 1. The molecule has 0 fully saturated rings. The van der Waals surface area contributed by atoms with E-state index in [-0.39, 0.29) is 5.91 Å². The highest BCUT2D eigenvalue weighted by Gasteiger charge is 2.11. The van der Waals surface area contributed by atoms with Gasteiger partial charge in [0, 0.05) is 21.6 Å². The smallest absolute Gasteiger partial charge is 0.253 e. The number of rotatable bonds is 5. The van der Waals surface area contributed by atoms with E-state index >= 15 is 0 Å². The van der Waals surface area contributed by atoms with Gasteiger partial charge in [-0.05, 0) is 31.2 Å². The highest BCUT2D eigenvalue weighted by atomic mass is 32.2. The normalized spacial score (nSPS) is 10.0. The monoisotopic (exact) mass is 378 g/mol. The molecule has 0 bridgehead atoms. The summed E-state index contributed by atoms with van der Waals surface area (Å²) in [7, 11) is 0. The highest BCUT2D eigenvalue weighted by Crippen LogP contribution is 2.26. The van der Waals surface area contributed by atoms with Crippen LogP contribution in [0.4, 0.5) is 0 Å². The number of hydrogen-bond donors (Lipinski definition) is 1. The van der Waals surface area contributed by atoms with Crippen LogP contribution in [0.3, 0.4) is 0 Å². The van der Waals surface area contributed by atoms with E-state index in [1.165, 1.54) is 0 Å². The molecule has 2 aromatic carbocycles. The number of aromatic nitrogens is 1. The quantitative estimate of drug-likeness (QED) is 0.524. The van der Waals surface area contributed by atoms with Crippen molar-refractivity contribution in [3.63, 3.8) is 0 Å². The number of hydrogen-bond acceptors (Lipinski definition) is 4. The lowest BCUT2D eigenvalue weighted by atomic mass is 10.2. The Labute approximate surface area is 161 Å². The summed E-state index contributed by atoms with van der Waals surface area (Å²) in [5.41, 5.74) is 2.66. The maximum atomic E-state index is 12.5. The molecule has 0 aliphatic carbocycles. The summed E-state index contributed by atoms with van der Waals surface area (Å²) < 4.78 is 0. The van der Waals surface area contributed by atoms with Crippen molar-refractivity contribution < 1.29 is 4.79 Å². The van der Waals surface area contributed by atoms with Crippen LogP contribution in [0.2, 0.25) is 0 Å². The zero-order valence-corrected chi connectivity index (χ0v) is 16.0. The molecule has 1 heterocycles. The van der Waals surface area contributed by atoms with Crippen LogP contribution in [-0.4, -0.2) is 17.4 Å². The lowest BCUT2D eigenvalue weighted by molar-refractivity contribution is 0.0956. The SMILES string of the molecule is Cc1nc(CSc2ccccc2C(=O)NCC#Cc2ccccc2)cs1. The Morgan fingerprint density at radius 3 is 2.69 bits per heavy atom. The van der Waals surface area contributed by atoms with E-state index in [0.717, 1.165) is 26.9 Å². The van der Waals surface area contributed by atoms with Gasteiger partial charge < -0.3 is 5.32 Å². The van der Waals surface area contributed by atoms with Gasteiger partial charge in [-0.15, -0.1) is 23.1 Å². The lowest BCUT2D eigenvalue weighted by Crippen LogP contribution is -2.24. The van der Waals surface area contributed by atoms with Gasteiger partial charge in [-0.2, -0.15) is 0 Å². The fourth-order valence-electron chi connectivity index (χ4n) is 2.29. The second-order valence-electron chi connectivity index (χ2n) is 5.49. The highest BCUT2D eigenvalue weighted by molar-refractivity contribution is 7.98. The molecule has 0 saturated carbocycles. The molecule has 1 aromatic heterocycles. The van der Waals surface area contributed by atoms with Crippen molar-refractivity contribution in [1.82, 2.24) is 10.3 Å². The number of amides is 1. The molecule has 0 radical (unpaired) electrons. The molecule has 5 heteroatoms. The molecular weight excluding hydrogens is 360 g/mol. The van der Waals surface area contributed by atoms with Crippen LogP contribution in [0.15, 0.2) is 64.9 Å². The molecule has 0 atom stereocenters. The minimum Gasteiger partial charge on any atom is -0.341 e. The van der Waals surface area contributed by atoms with E-state index in [4.69, 9.17) is 0 Å². The third-order valence-corrected chi connectivity index (χ3v) is 5.45. The third kappa shape index (κ3) is 5.22. The van der Waals surface area contributed by atoms with Gasteiger partial charge in [-0.1, -0.05) is 42.2 Å². The minimum absolute atomic E-state index is 0.107. The van der Waals surface area contributed by atoms with E-state index in [0.29, 0.717) is 12.1 Å². The van der Waals surface area contributed by atoms with Crippen molar-refractivity contribution in [2.45, 2.75) is 17.6 Å². The first-order valence-electron chi connectivity index (χ1n) is 8.17. The van der Waals surface area contributed by atoms with Gasteiger partial charge in [0.2, 0.25) is 0 Å². The van der Waals surface area contributed by atoms with Gasteiger partial charge >= 0.3 is 0 Å². The predicted octanol–water partition coefficient (Wildman–Crippen LogP) is 4.53.